The lowest BCUT2D eigenvalue weighted by Gasteiger charge is -2.32. The van der Waals surface area contributed by atoms with Crippen LogP contribution in [0.25, 0.3) is 5.69 Å². The predicted molar refractivity (Wildman–Crippen MR) is 127 cm³/mol. The molecule has 1 saturated heterocycles. The monoisotopic (exact) mass is 450 g/mol. The lowest BCUT2D eigenvalue weighted by Crippen LogP contribution is -2.41. The van der Waals surface area contributed by atoms with Gasteiger partial charge in [0.1, 0.15) is 12.4 Å². The van der Waals surface area contributed by atoms with Gasteiger partial charge in [-0.3, -0.25) is 9.36 Å². The number of carbonyl (C=O) groups is 1. The van der Waals surface area contributed by atoms with Crippen LogP contribution in [0, 0.1) is 12.8 Å². The SMILES string of the molecule is Cc1ccccc1OCc1nnc(SC(C)C(=O)N2CCC(C)CC2)n1-c1ccccc1. The molecule has 1 aliphatic heterocycles. The Bertz CT molecular complexity index is 1050. The van der Waals surface area contributed by atoms with E-state index < -0.39 is 0 Å². The van der Waals surface area contributed by atoms with Crippen LogP contribution in [-0.2, 0) is 11.4 Å². The van der Waals surface area contributed by atoms with Crippen molar-refractivity contribution in [1.82, 2.24) is 19.7 Å². The van der Waals surface area contributed by atoms with E-state index in [1.807, 2.05) is 77.9 Å². The Morgan fingerprint density at radius 1 is 1.09 bits per heavy atom. The number of rotatable bonds is 7. The zero-order valence-electron chi connectivity index (χ0n) is 18.9. The second kappa shape index (κ2) is 10.2. The quantitative estimate of drug-likeness (QED) is 0.480. The molecule has 0 aliphatic carbocycles. The first kappa shape index (κ1) is 22.4. The molecule has 1 unspecified atom stereocenters. The Labute approximate surface area is 194 Å². The molecule has 168 valence electrons. The summed E-state index contributed by atoms with van der Waals surface area (Å²) in [6.07, 6.45) is 2.15. The van der Waals surface area contributed by atoms with Crippen molar-refractivity contribution in [3.63, 3.8) is 0 Å². The predicted octanol–water partition coefficient (Wildman–Crippen LogP) is 4.89. The number of likely N-dealkylation sites (tertiary alicyclic amines) is 1. The minimum atomic E-state index is -0.236. The second-order valence-corrected chi connectivity index (χ2v) is 9.70. The molecule has 1 aromatic heterocycles. The van der Waals surface area contributed by atoms with Crippen LogP contribution >= 0.6 is 11.8 Å². The Kier molecular flexibility index (Phi) is 7.15. The van der Waals surface area contributed by atoms with Crippen molar-refractivity contribution >= 4 is 17.7 Å². The normalized spacial score (nSPS) is 15.5. The van der Waals surface area contributed by atoms with Crippen molar-refractivity contribution < 1.29 is 9.53 Å². The van der Waals surface area contributed by atoms with E-state index >= 15 is 0 Å². The van der Waals surface area contributed by atoms with E-state index in [2.05, 4.69) is 17.1 Å². The van der Waals surface area contributed by atoms with E-state index in [4.69, 9.17) is 4.74 Å². The zero-order valence-corrected chi connectivity index (χ0v) is 19.7. The van der Waals surface area contributed by atoms with E-state index in [1.165, 1.54) is 11.8 Å². The first-order chi connectivity index (χ1) is 15.5. The van der Waals surface area contributed by atoms with Crippen LogP contribution in [-0.4, -0.2) is 43.9 Å². The Balaban J connectivity index is 1.54. The van der Waals surface area contributed by atoms with Crippen LogP contribution in [0.4, 0.5) is 0 Å². The van der Waals surface area contributed by atoms with Crippen molar-refractivity contribution in [3.05, 3.63) is 66.0 Å². The third-order valence-electron chi connectivity index (χ3n) is 5.89. The van der Waals surface area contributed by atoms with Crippen LogP contribution in [0.2, 0.25) is 0 Å². The number of piperidine rings is 1. The van der Waals surface area contributed by atoms with Crippen LogP contribution in [0.5, 0.6) is 5.75 Å². The summed E-state index contributed by atoms with van der Waals surface area (Å²) >= 11 is 1.46. The first-order valence-corrected chi connectivity index (χ1v) is 12.0. The topological polar surface area (TPSA) is 60.3 Å². The number of ether oxygens (including phenoxy) is 1. The molecular formula is C25H30N4O2S. The molecule has 3 aromatic rings. The molecule has 32 heavy (non-hydrogen) atoms. The summed E-state index contributed by atoms with van der Waals surface area (Å²) in [7, 11) is 0. The Hall–Kier alpha value is -2.80. The number of thioether (sulfide) groups is 1. The molecule has 1 atom stereocenters. The highest BCUT2D eigenvalue weighted by molar-refractivity contribution is 8.00. The highest BCUT2D eigenvalue weighted by Crippen LogP contribution is 2.28. The number of carbonyl (C=O) groups excluding carboxylic acids is 1. The minimum Gasteiger partial charge on any atom is -0.485 e. The summed E-state index contributed by atoms with van der Waals surface area (Å²) in [5.74, 6) is 2.39. The van der Waals surface area contributed by atoms with Crippen LogP contribution in [0.3, 0.4) is 0 Å². The minimum absolute atomic E-state index is 0.169. The van der Waals surface area contributed by atoms with Gasteiger partial charge in [0, 0.05) is 18.8 Å². The molecule has 0 saturated carbocycles. The molecule has 0 spiro atoms. The van der Waals surface area contributed by atoms with Gasteiger partial charge in [0.2, 0.25) is 5.91 Å². The molecule has 2 heterocycles. The summed E-state index contributed by atoms with van der Waals surface area (Å²) in [6, 6.07) is 17.9. The van der Waals surface area contributed by atoms with E-state index in [1.54, 1.807) is 0 Å². The van der Waals surface area contributed by atoms with Crippen molar-refractivity contribution in [2.24, 2.45) is 5.92 Å². The first-order valence-electron chi connectivity index (χ1n) is 11.2. The van der Waals surface area contributed by atoms with E-state index in [0.717, 1.165) is 42.9 Å². The number of para-hydroxylation sites is 2. The van der Waals surface area contributed by atoms with Crippen LogP contribution in [0.1, 0.15) is 38.1 Å². The average molecular weight is 451 g/mol. The van der Waals surface area contributed by atoms with E-state index in [-0.39, 0.29) is 11.2 Å². The molecule has 0 bridgehead atoms. The highest BCUT2D eigenvalue weighted by atomic mass is 32.2. The van der Waals surface area contributed by atoms with Gasteiger partial charge in [0.25, 0.3) is 0 Å². The number of aryl methyl sites for hydroxylation is 1. The van der Waals surface area contributed by atoms with Crippen LogP contribution < -0.4 is 4.74 Å². The number of nitrogens with zero attached hydrogens (tertiary/aromatic N) is 4. The second-order valence-electron chi connectivity index (χ2n) is 8.39. The molecule has 7 heteroatoms. The summed E-state index contributed by atoms with van der Waals surface area (Å²) in [5, 5.41) is 9.31. The van der Waals surface area contributed by atoms with Gasteiger partial charge in [-0.15, -0.1) is 10.2 Å². The molecule has 0 radical (unpaired) electrons. The molecule has 1 fully saturated rings. The molecule has 2 aromatic carbocycles. The molecule has 6 nitrogen and oxygen atoms in total. The van der Waals surface area contributed by atoms with Gasteiger partial charge in [0.15, 0.2) is 11.0 Å². The van der Waals surface area contributed by atoms with Crippen molar-refractivity contribution in [3.8, 4) is 11.4 Å². The number of hydrogen-bond acceptors (Lipinski definition) is 5. The largest absolute Gasteiger partial charge is 0.485 e. The van der Waals surface area contributed by atoms with Crippen molar-refractivity contribution in [1.29, 1.82) is 0 Å². The van der Waals surface area contributed by atoms with Gasteiger partial charge in [-0.25, -0.2) is 0 Å². The standard InChI is InChI=1S/C25H30N4O2S/c1-18-13-15-28(16-14-18)24(30)20(3)32-25-27-26-23(29(25)21-10-5-4-6-11-21)17-31-22-12-8-7-9-19(22)2/h4-12,18,20H,13-17H2,1-3H3. The summed E-state index contributed by atoms with van der Waals surface area (Å²) in [5.41, 5.74) is 2.03. The summed E-state index contributed by atoms with van der Waals surface area (Å²) in [6.45, 7) is 8.20. The number of benzene rings is 2. The molecule has 4 rings (SSSR count). The lowest BCUT2D eigenvalue weighted by molar-refractivity contribution is -0.131. The van der Waals surface area contributed by atoms with Gasteiger partial charge in [-0.1, -0.05) is 55.1 Å². The summed E-state index contributed by atoms with van der Waals surface area (Å²) < 4.78 is 8.04. The van der Waals surface area contributed by atoms with Crippen molar-refractivity contribution in [2.75, 3.05) is 13.1 Å². The maximum absolute atomic E-state index is 13.0. The van der Waals surface area contributed by atoms with Gasteiger partial charge in [-0.2, -0.15) is 0 Å². The fourth-order valence-corrected chi connectivity index (χ4v) is 4.83. The van der Waals surface area contributed by atoms with Gasteiger partial charge < -0.3 is 9.64 Å². The summed E-state index contributed by atoms with van der Waals surface area (Å²) in [4.78, 5) is 15.0. The van der Waals surface area contributed by atoms with Crippen LogP contribution in [0.15, 0.2) is 59.8 Å². The molecule has 1 aliphatic rings. The maximum Gasteiger partial charge on any atom is 0.235 e. The maximum atomic E-state index is 13.0. The number of amides is 1. The molecule has 0 N–H and O–H groups in total. The Morgan fingerprint density at radius 2 is 1.78 bits per heavy atom. The smallest absolute Gasteiger partial charge is 0.235 e. The lowest BCUT2D eigenvalue weighted by atomic mass is 9.99. The van der Waals surface area contributed by atoms with Gasteiger partial charge in [-0.05, 0) is 56.4 Å². The average Bonchev–Trinajstić information content (AvgIpc) is 3.21. The van der Waals surface area contributed by atoms with E-state index in [0.29, 0.717) is 23.5 Å². The zero-order chi connectivity index (χ0) is 22.5. The van der Waals surface area contributed by atoms with Crippen molar-refractivity contribution in [2.45, 2.75) is 50.6 Å². The molecular weight excluding hydrogens is 420 g/mol. The van der Waals surface area contributed by atoms with E-state index in [9.17, 15) is 4.79 Å². The fourth-order valence-electron chi connectivity index (χ4n) is 3.86. The third kappa shape index (κ3) is 5.15. The Morgan fingerprint density at radius 3 is 2.50 bits per heavy atom. The fraction of sp³-hybridized carbons (Fsp3) is 0.400. The number of aromatic nitrogens is 3. The molecule has 1 amide bonds. The van der Waals surface area contributed by atoms with Gasteiger partial charge in [0.05, 0.1) is 5.25 Å². The highest BCUT2D eigenvalue weighted by Gasteiger charge is 2.27. The number of hydrogen-bond donors (Lipinski definition) is 0. The third-order valence-corrected chi connectivity index (χ3v) is 6.92. The van der Waals surface area contributed by atoms with Gasteiger partial charge >= 0.3 is 0 Å².